The van der Waals surface area contributed by atoms with Gasteiger partial charge in [0, 0.05) is 5.56 Å². The van der Waals surface area contributed by atoms with E-state index in [1.54, 1.807) is 19.1 Å². The third-order valence-corrected chi connectivity index (χ3v) is 3.45. The number of esters is 1. The van der Waals surface area contributed by atoms with E-state index in [2.05, 4.69) is 10.2 Å². The molecule has 0 fully saturated rings. The molecular formula is C18H16N2O4. The molecule has 0 amide bonds. The Bertz CT molecular complexity index is 855. The van der Waals surface area contributed by atoms with Crippen molar-refractivity contribution in [2.75, 3.05) is 0 Å². The van der Waals surface area contributed by atoms with Gasteiger partial charge in [-0.25, -0.2) is 4.79 Å². The van der Waals surface area contributed by atoms with Crippen LogP contribution in [-0.4, -0.2) is 21.3 Å². The Morgan fingerprint density at radius 1 is 1.17 bits per heavy atom. The lowest BCUT2D eigenvalue weighted by Gasteiger charge is -2.09. The van der Waals surface area contributed by atoms with E-state index < -0.39 is 12.1 Å². The van der Waals surface area contributed by atoms with Gasteiger partial charge in [-0.05, 0) is 44.2 Å². The molecule has 0 unspecified atom stereocenters. The third kappa shape index (κ3) is 3.43. The fraction of sp³-hybridized carbons (Fsp3) is 0.167. The fourth-order valence-electron chi connectivity index (χ4n) is 2.12. The summed E-state index contributed by atoms with van der Waals surface area (Å²) in [7, 11) is 0. The van der Waals surface area contributed by atoms with E-state index in [1.807, 2.05) is 31.2 Å². The zero-order valence-corrected chi connectivity index (χ0v) is 13.3. The number of aromatic nitrogens is 2. The number of ether oxygens (including phenoxy) is 1. The van der Waals surface area contributed by atoms with Crippen LogP contribution in [0.15, 0.2) is 52.9 Å². The maximum atomic E-state index is 12.1. The first kappa shape index (κ1) is 15.7. The lowest BCUT2D eigenvalue weighted by Crippen LogP contribution is -2.09. The van der Waals surface area contributed by atoms with Crippen LogP contribution in [0.3, 0.4) is 0 Å². The maximum Gasteiger partial charge on any atom is 0.339 e. The highest BCUT2D eigenvalue weighted by molar-refractivity contribution is 5.89. The zero-order chi connectivity index (χ0) is 17.1. The van der Waals surface area contributed by atoms with Crippen molar-refractivity contribution in [3.8, 4) is 17.2 Å². The van der Waals surface area contributed by atoms with Gasteiger partial charge < -0.3 is 14.3 Å². The Morgan fingerprint density at radius 2 is 1.92 bits per heavy atom. The van der Waals surface area contributed by atoms with Gasteiger partial charge in [0.1, 0.15) is 5.75 Å². The average Bonchev–Trinajstić information content (AvgIpc) is 3.05. The van der Waals surface area contributed by atoms with Crippen molar-refractivity contribution in [3.63, 3.8) is 0 Å². The van der Waals surface area contributed by atoms with Crippen molar-refractivity contribution >= 4 is 5.97 Å². The fourth-order valence-corrected chi connectivity index (χ4v) is 2.12. The van der Waals surface area contributed by atoms with Crippen LogP contribution in [0.2, 0.25) is 0 Å². The number of carbonyl (C=O) groups excluding carboxylic acids is 1. The summed E-state index contributed by atoms with van der Waals surface area (Å²) in [4.78, 5) is 12.1. The van der Waals surface area contributed by atoms with Crippen molar-refractivity contribution < 1.29 is 19.1 Å². The Kier molecular flexibility index (Phi) is 4.29. The molecule has 0 aliphatic heterocycles. The predicted molar refractivity (Wildman–Crippen MR) is 86.4 cm³/mol. The molecule has 24 heavy (non-hydrogen) atoms. The molecule has 0 bridgehead atoms. The monoisotopic (exact) mass is 324 g/mol. The molecule has 0 radical (unpaired) electrons. The van der Waals surface area contributed by atoms with Crippen molar-refractivity contribution in [1.82, 2.24) is 10.2 Å². The summed E-state index contributed by atoms with van der Waals surface area (Å²) in [6, 6.07) is 13.6. The Balaban J connectivity index is 1.73. The first-order chi connectivity index (χ1) is 11.5. The molecule has 3 aromatic rings. The van der Waals surface area contributed by atoms with Crippen LogP contribution in [0.4, 0.5) is 0 Å². The number of phenols is 1. The van der Waals surface area contributed by atoms with E-state index in [0.29, 0.717) is 5.89 Å². The van der Waals surface area contributed by atoms with Gasteiger partial charge in [0.05, 0.1) is 5.56 Å². The second kappa shape index (κ2) is 6.54. The number of hydrogen-bond donors (Lipinski definition) is 1. The molecule has 2 aromatic carbocycles. The minimum absolute atomic E-state index is 0.00319. The maximum absolute atomic E-state index is 12.1. The van der Waals surface area contributed by atoms with E-state index in [1.165, 1.54) is 12.1 Å². The highest BCUT2D eigenvalue weighted by atomic mass is 16.6. The first-order valence-corrected chi connectivity index (χ1v) is 7.43. The molecule has 6 heteroatoms. The van der Waals surface area contributed by atoms with Crippen LogP contribution in [0.1, 0.15) is 34.8 Å². The second-order valence-corrected chi connectivity index (χ2v) is 5.41. The first-order valence-electron chi connectivity index (χ1n) is 7.43. The van der Waals surface area contributed by atoms with E-state index >= 15 is 0 Å². The quantitative estimate of drug-likeness (QED) is 0.737. The van der Waals surface area contributed by atoms with Crippen LogP contribution in [0.5, 0.6) is 5.75 Å². The number of nitrogens with zero attached hydrogens (tertiary/aromatic N) is 2. The van der Waals surface area contributed by atoms with Gasteiger partial charge in [0.25, 0.3) is 5.89 Å². The Labute approximate surface area is 138 Å². The number of carbonyl (C=O) groups is 1. The molecule has 1 N–H and O–H groups in total. The largest absolute Gasteiger partial charge is 0.508 e. The molecule has 0 saturated carbocycles. The Morgan fingerprint density at radius 3 is 2.62 bits per heavy atom. The number of benzene rings is 2. The van der Waals surface area contributed by atoms with Crippen LogP contribution in [-0.2, 0) is 4.74 Å². The smallest absolute Gasteiger partial charge is 0.339 e. The van der Waals surface area contributed by atoms with Gasteiger partial charge >= 0.3 is 5.97 Å². The van der Waals surface area contributed by atoms with Crippen molar-refractivity contribution in [2.24, 2.45) is 0 Å². The molecule has 3 rings (SSSR count). The number of aryl methyl sites for hydroxylation is 1. The summed E-state index contributed by atoms with van der Waals surface area (Å²) in [5, 5.41) is 17.3. The standard InChI is InChI=1S/C18H16N2O4/c1-11-6-8-13(9-7-11)17-20-19-16(24-17)12(2)23-18(22)14-4-3-5-15(21)10-14/h3-10,12,21H,1-2H3/t12-/m1/s1. The minimum Gasteiger partial charge on any atom is -0.508 e. The van der Waals surface area contributed by atoms with Crippen LogP contribution in [0, 0.1) is 6.92 Å². The minimum atomic E-state index is -0.702. The summed E-state index contributed by atoms with van der Waals surface area (Å²) in [6.45, 7) is 3.64. The average molecular weight is 324 g/mol. The molecule has 0 aliphatic carbocycles. The van der Waals surface area contributed by atoms with Crippen LogP contribution >= 0.6 is 0 Å². The molecule has 1 aromatic heterocycles. The van der Waals surface area contributed by atoms with Crippen molar-refractivity contribution in [2.45, 2.75) is 20.0 Å². The van der Waals surface area contributed by atoms with Gasteiger partial charge in [0.15, 0.2) is 6.10 Å². The highest BCUT2D eigenvalue weighted by Crippen LogP contribution is 2.23. The molecule has 0 saturated heterocycles. The lowest BCUT2D eigenvalue weighted by atomic mass is 10.1. The van der Waals surface area contributed by atoms with Gasteiger partial charge in [-0.2, -0.15) is 0 Å². The molecule has 122 valence electrons. The number of rotatable bonds is 4. The van der Waals surface area contributed by atoms with Gasteiger partial charge in [-0.3, -0.25) is 0 Å². The van der Waals surface area contributed by atoms with E-state index in [9.17, 15) is 9.90 Å². The van der Waals surface area contributed by atoms with Gasteiger partial charge in [-0.1, -0.05) is 23.8 Å². The summed E-state index contributed by atoms with van der Waals surface area (Å²) in [5.41, 5.74) is 2.18. The molecule has 6 nitrogen and oxygen atoms in total. The highest BCUT2D eigenvalue weighted by Gasteiger charge is 2.20. The normalized spacial score (nSPS) is 11.9. The summed E-state index contributed by atoms with van der Waals surface area (Å²) < 4.78 is 10.9. The predicted octanol–water partition coefficient (Wildman–Crippen LogP) is 3.67. The third-order valence-electron chi connectivity index (χ3n) is 3.45. The molecule has 0 spiro atoms. The number of hydrogen-bond acceptors (Lipinski definition) is 6. The van der Waals surface area contributed by atoms with Crippen LogP contribution < -0.4 is 0 Å². The number of aromatic hydroxyl groups is 1. The molecule has 0 aliphatic rings. The number of phenolic OH excluding ortho intramolecular Hbond substituents is 1. The van der Waals surface area contributed by atoms with E-state index in [4.69, 9.17) is 9.15 Å². The van der Waals surface area contributed by atoms with E-state index in [-0.39, 0.29) is 17.2 Å². The second-order valence-electron chi connectivity index (χ2n) is 5.41. The lowest BCUT2D eigenvalue weighted by molar-refractivity contribution is 0.0279. The van der Waals surface area contributed by atoms with Crippen molar-refractivity contribution in [3.05, 3.63) is 65.5 Å². The Hall–Kier alpha value is -3.15. The zero-order valence-electron chi connectivity index (χ0n) is 13.3. The summed E-state index contributed by atoms with van der Waals surface area (Å²) >= 11 is 0. The van der Waals surface area contributed by atoms with Gasteiger partial charge in [-0.15, -0.1) is 10.2 Å². The summed E-state index contributed by atoms with van der Waals surface area (Å²) in [5.74, 6) is -0.00521. The molecule has 1 atom stereocenters. The molecular weight excluding hydrogens is 308 g/mol. The van der Waals surface area contributed by atoms with E-state index in [0.717, 1.165) is 11.1 Å². The topological polar surface area (TPSA) is 85.5 Å². The SMILES string of the molecule is Cc1ccc(-c2nnc([C@@H](C)OC(=O)c3cccc(O)c3)o2)cc1. The van der Waals surface area contributed by atoms with Gasteiger partial charge in [0.2, 0.25) is 5.89 Å². The van der Waals surface area contributed by atoms with Crippen molar-refractivity contribution in [1.29, 1.82) is 0 Å². The molecule has 1 heterocycles. The summed E-state index contributed by atoms with van der Waals surface area (Å²) in [6.07, 6.45) is -0.702. The van der Waals surface area contributed by atoms with Crippen LogP contribution in [0.25, 0.3) is 11.5 Å².